The van der Waals surface area contributed by atoms with Crippen molar-refractivity contribution in [2.45, 2.75) is 43.8 Å². The van der Waals surface area contributed by atoms with Crippen LogP contribution in [0.5, 0.6) is 0 Å². The Bertz CT molecular complexity index is 898. The van der Waals surface area contributed by atoms with Gasteiger partial charge in [-0.3, -0.25) is 14.6 Å². The molecule has 2 aliphatic rings. The fourth-order valence-electron chi connectivity index (χ4n) is 4.30. The molecule has 3 heterocycles. The molecule has 0 aliphatic carbocycles. The molecule has 2 aromatic rings. The maximum absolute atomic E-state index is 12.6. The number of nitrogens with one attached hydrogen (secondary N) is 1. The van der Waals surface area contributed by atoms with Crippen LogP contribution in [0.15, 0.2) is 48.7 Å². The van der Waals surface area contributed by atoms with Gasteiger partial charge < -0.3 is 15.0 Å². The van der Waals surface area contributed by atoms with Crippen molar-refractivity contribution in [1.82, 2.24) is 15.2 Å². The SMILES string of the molecule is O=C(Cc1cccc(Cl)c1)NCC1CCC2(CCN(C(=O)c3ccccn3)CC2)O1. The summed E-state index contributed by atoms with van der Waals surface area (Å²) in [5.74, 6) is -0.0501. The Morgan fingerprint density at radius 1 is 1.17 bits per heavy atom. The van der Waals surface area contributed by atoms with Gasteiger partial charge in [-0.1, -0.05) is 29.8 Å². The molecule has 2 amide bonds. The number of aromatic nitrogens is 1. The standard InChI is InChI=1S/C23H26ClN3O3/c24-18-5-3-4-17(14-18)15-21(28)26-16-19-7-8-23(30-19)9-12-27(13-10-23)22(29)20-6-1-2-11-25-20/h1-6,11,14,19H,7-10,12-13,15-16H2,(H,26,28). The first-order valence-corrected chi connectivity index (χ1v) is 10.8. The third kappa shape index (κ3) is 4.99. The second kappa shape index (κ2) is 9.14. The number of rotatable bonds is 5. The van der Waals surface area contributed by atoms with Crippen molar-refractivity contribution in [2.75, 3.05) is 19.6 Å². The molecule has 1 unspecified atom stereocenters. The zero-order valence-electron chi connectivity index (χ0n) is 16.9. The van der Waals surface area contributed by atoms with Gasteiger partial charge in [-0.15, -0.1) is 0 Å². The van der Waals surface area contributed by atoms with E-state index < -0.39 is 0 Å². The molecule has 1 aromatic carbocycles. The van der Waals surface area contributed by atoms with Crippen molar-refractivity contribution in [3.63, 3.8) is 0 Å². The number of carbonyl (C=O) groups is 2. The number of ether oxygens (including phenoxy) is 1. The zero-order valence-corrected chi connectivity index (χ0v) is 17.6. The third-order valence-electron chi connectivity index (χ3n) is 5.97. The van der Waals surface area contributed by atoms with E-state index >= 15 is 0 Å². The number of nitrogens with zero attached hydrogens (tertiary/aromatic N) is 2. The number of hydrogen-bond donors (Lipinski definition) is 1. The van der Waals surface area contributed by atoms with Gasteiger partial charge in [0.15, 0.2) is 0 Å². The Morgan fingerprint density at radius 3 is 2.73 bits per heavy atom. The molecule has 6 nitrogen and oxygen atoms in total. The van der Waals surface area contributed by atoms with Gasteiger partial charge in [0, 0.05) is 30.9 Å². The van der Waals surface area contributed by atoms with E-state index in [4.69, 9.17) is 16.3 Å². The first-order valence-electron chi connectivity index (χ1n) is 10.4. The van der Waals surface area contributed by atoms with Gasteiger partial charge in [-0.2, -0.15) is 0 Å². The lowest BCUT2D eigenvalue weighted by molar-refractivity contribution is -0.122. The summed E-state index contributed by atoms with van der Waals surface area (Å²) in [5, 5.41) is 3.62. The third-order valence-corrected chi connectivity index (χ3v) is 6.20. The quantitative estimate of drug-likeness (QED) is 0.795. The van der Waals surface area contributed by atoms with Crippen molar-refractivity contribution in [2.24, 2.45) is 0 Å². The molecule has 2 fully saturated rings. The number of amides is 2. The minimum absolute atomic E-state index is 0.0198. The first kappa shape index (κ1) is 20.8. The average molecular weight is 428 g/mol. The zero-order chi connectivity index (χ0) is 21.0. The highest BCUT2D eigenvalue weighted by Gasteiger charge is 2.43. The van der Waals surface area contributed by atoms with Crippen LogP contribution in [0.1, 0.15) is 41.7 Å². The molecular weight excluding hydrogens is 402 g/mol. The monoisotopic (exact) mass is 427 g/mol. The minimum atomic E-state index is -0.177. The number of benzene rings is 1. The highest BCUT2D eigenvalue weighted by molar-refractivity contribution is 6.30. The van der Waals surface area contributed by atoms with Crippen molar-refractivity contribution in [3.8, 4) is 0 Å². The Hall–Kier alpha value is -2.44. The number of piperidine rings is 1. The minimum Gasteiger partial charge on any atom is -0.370 e. The van der Waals surface area contributed by atoms with Crippen molar-refractivity contribution in [3.05, 3.63) is 64.9 Å². The van der Waals surface area contributed by atoms with Crippen molar-refractivity contribution < 1.29 is 14.3 Å². The van der Waals surface area contributed by atoms with Crippen LogP contribution in [-0.2, 0) is 16.0 Å². The van der Waals surface area contributed by atoms with Gasteiger partial charge >= 0.3 is 0 Å². The largest absolute Gasteiger partial charge is 0.370 e. The van der Waals surface area contributed by atoms with Crippen LogP contribution >= 0.6 is 11.6 Å². The second-order valence-electron chi connectivity index (χ2n) is 8.08. The molecule has 7 heteroatoms. The highest BCUT2D eigenvalue weighted by Crippen LogP contribution is 2.38. The number of likely N-dealkylation sites (tertiary alicyclic amines) is 1. The van der Waals surface area contributed by atoms with E-state index in [0.717, 1.165) is 31.2 Å². The maximum Gasteiger partial charge on any atom is 0.272 e. The number of carbonyl (C=O) groups excluding carboxylic acids is 2. The molecule has 2 aliphatic heterocycles. The van der Waals surface area contributed by atoms with E-state index in [1.165, 1.54) is 0 Å². The number of hydrogen-bond acceptors (Lipinski definition) is 4. The molecule has 1 spiro atoms. The van der Waals surface area contributed by atoms with Gasteiger partial charge in [0.25, 0.3) is 5.91 Å². The molecule has 4 rings (SSSR count). The summed E-state index contributed by atoms with van der Waals surface area (Å²) in [5.41, 5.74) is 1.21. The normalized spacial score (nSPS) is 20.3. The summed E-state index contributed by atoms with van der Waals surface area (Å²) in [6.07, 6.45) is 5.50. The number of pyridine rings is 1. The highest BCUT2D eigenvalue weighted by atomic mass is 35.5. The van der Waals surface area contributed by atoms with Crippen LogP contribution in [0, 0.1) is 0 Å². The lowest BCUT2D eigenvalue weighted by atomic mass is 9.88. The molecular formula is C23H26ClN3O3. The van der Waals surface area contributed by atoms with Crippen LogP contribution in [0.3, 0.4) is 0 Å². The van der Waals surface area contributed by atoms with E-state index in [0.29, 0.717) is 36.8 Å². The Morgan fingerprint density at radius 2 is 2.00 bits per heavy atom. The number of halogens is 1. The molecule has 1 atom stereocenters. The summed E-state index contributed by atoms with van der Waals surface area (Å²) in [4.78, 5) is 30.8. The van der Waals surface area contributed by atoms with E-state index in [9.17, 15) is 9.59 Å². The van der Waals surface area contributed by atoms with Gasteiger partial charge in [0.05, 0.1) is 18.1 Å². The summed E-state index contributed by atoms with van der Waals surface area (Å²) in [6, 6.07) is 12.7. The molecule has 1 N–H and O–H groups in total. The molecule has 1 aromatic heterocycles. The maximum atomic E-state index is 12.6. The topological polar surface area (TPSA) is 71.5 Å². The van der Waals surface area contributed by atoms with Crippen LogP contribution < -0.4 is 5.32 Å². The molecule has 158 valence electrons. The van der Waals surface area contributed by atoms with Gasteiger partial charge in [-0.25, -0.2) is 0 Å². The fraction of sp³-hybridized carbons (Fsp3) is 0.435. The fourth-order valence-corrected chi connectivity index (χ4v) is 4.51. The lowest BCUT2D eigenvalue weighted by Gasteiger charge is -2.39. The van der Waals surface area contributed by atoms with Crippen molar-refractivity contribution >= 4 is 23.4 Å². The second-order valence-corrected chi connectivity index (χ2v) is 8.52. The van der Waals surface area contributed by atoms with Crippen LogP contribution in [0.2, 0.25) is 5.02 Å². The predicted molar refractivity (Wildman–Crippen MR) is 114 cm³/mol. The Labute approximate surface area is 181 Å². The molecule has 0 bridgehead atoms. The Kier molecular flexibility index (Phi) is 6.35. The van der Waals surface area contributed by atoms with Crippen LogP contribution in [-0.4, -0.2) is 53.0 Å². The van der Waals surface area contributed by atoms with Crippen LogP contribution in [0.25, 0.3) is 0 Å². The van der Waals surface area contributed by atoms with Crippen LogP contribution in [0.4, 0.5) is 0 Å². The van der Waals surface area contributed by atoms with Crippen molar-refractivity contribution in [1.29, 1.82) is 0 Å². The summed E-state index contributed by atoms with van der Waals surface area (Å²) >= 11 is 5.98. The van der Waals surface area contributed by atoms with Gasteiger partial charge in [0.2, 0.25) is 5.91 Å². The summed E-state index contributed by atoms with van der Waals surface area (Å²) < 4.78 is 6.35. The average Bonchev–Trinajstić information content (AvgIpc) is 3.15. The smallest absolute Gasteiger partial charge is 0.272 e. The summed E-state index contributed by atoms with van der Waals surface area (Å²) in [6.45, 7) is 1.85. The molecule has 0 saturated carbocycles. The molecule has 2 saturated heterocycles. The van der Waals surface area contributed by atoms with E-state index in [-0.39, 0.29) is 23.5 Å². The molecule has 0 radical (unpaired) electrons. The predicted octanol–water partition coefficient (Wildman–Crippen LogP) is 3.25. The van der Waals surface area contributed by atoms with E-state index in [1.54, 1.807) is 18.3 Å². The molecule has 30 heavy (non-hydrogen) atoms. The van der Waals surface area contributed by atoms with Gasteiger partial charge in [0.1, 0.15) is 5.69 Å². The summed E-state index contributed by atoms with van der Waals surface area (Å²) in [7, 11) is 0. The van der Waals surface area contributed by atoms with E-state index in [2.05, 4.69) is 10.3 Å². The lowest BCUT2D eigenvalue weighted by Crippen LogP contribution is -2.47. The van der Waals surface area contributed by atoms with E-state index in [1.807, 2.05) is 35.2 Å². The van der Waals surface area contributed by atoms with Gasteiger partial charge in [-0.05, 0) is 55.5 Å². The first-order chi connectivity index (χ1) is 14.5. The Balaban J connectivity index is 1.23.